The highest BCUT2D eigenvalue weighted by Gasteiger charge is 2.34. The van der Waals surface area contributed by atoms with Crippen LogP contribution in [0.1, 0.15) is 10.4 Å². The fourth-order valence-electron chi connectivity index (χ4n) is 0.869. The lowest BCUT2D eigenvalue weighted by atomic mass is 10.4. The number of carbonyl (C=O) groups is 1. The Kier molecular flexibility index (Phi) is 0.933. The quantitative estimate of drug-likeness (QED) is 0.517. The van der Waals surface area contributed by atoms with Crippen LogP contribution in [0.15, 0.2) is 11.2 Å². The van der Waals surface area contributed by atoms with E-state index in [-0.39, 0.29) is 10.6 Å². The van der Waals surface area contributed by atoms with Crippen LogP contribution < -0.4 is 4.72 Å². The highest BCUT2D eigenvalue weighted by Crippen LogP contribution is 2.17. The molecule has 1 aliphatic rings. The van der Waals surface area contributed by atoms with Crippen molar-refractivity contribution in [2.75, 3.05) is 0 Å². The van der Waals surface area contributed by atoms with Gasteiger partial charge in [0, 0.05) is 0 Å². The van der Waals surface area contributed by atoms with Gasteiger partial charge in [-0.2, -0.15) is 13.5 Å². The number of rotatable bonds is 0. The molecule has 1 aromatic rings. The van der Waals surface area contributed by atoms with Gasteiger partial charge in [-0.3, -0.25) is 9.89 Å². The van der Waals surface area contributed by atoms with Crippen LogP contribution in [-0.2, 0) is 10.0 Å². The number of aromatic nitrogens is 2. The van der Waals surface area contributed by atoms with Crippen molar-refractivity contribution in [2.24, 2.45) is 0 Å². The van der Waals surface area contributed by atoms with Gasteiger partial charge in [-0.15, -0.1) is 0 Å². The summed E-state index contributed by atoms with van der Waals surface area (Å²) in [6.45, 7) is 0. The lowest BCUT2D eigenvalue weighted by Gasteiger charge is -1.89. The minimum atomic E-state index is -3.63. The third-order valence-corrected chi connectivity index (χ3v) is 2.65. The van der Waals surface area contributed by atoms with E-state index in [9.17, 15) is 13.2 Å². The third kappa shape index (κ3) is 0.679. The first-order chi connectivity index (χ1) is 5.11. The molecule has 1 aliphatic heterocycles. The zero-order chi connectivity index (χ0) is 8.06. The number of hydrogen-bond acceptors (Lipinski definition) is 4. The number of hydrogen-bond donors (Lipinski definition) is 2. The minimum Gasteiger partial charge on any atom is -0.268 e. The smallest absolute Gasteiger partial charge is 0.268 e. The Bertz CT molecular complexity index is 418. The molecule has 0 atom stereocenters. The third-order valence-electron chi connectivity index (χ3n) is 1.34. The average Bonchev–Trinajstić information content (AvgIpc) is 2.37. The summed E-state index contributed by atoms with van der Waals surface area (Å²) in [6, 6.07) is 0. The molecule has 2 rings (SSSR count). The highest BCUT2D eigenvalue weighted by molar-refractivity contribution is 7.90. The summed E-state index contributed by atoms with van der Waals surface area (Å²) in [6.07, 6.45) is 1.18. The molecule has 6 nitrogen and oxygen atoms in total. The van der Waals surface area contributed by atoms with Gasteiger partial charge in [-0.25, -0.2) is 4.72 Å². The summed E-state index contributed by atoms with van der Waals surface area (Å²) in [7, 11) is -3.63. The molecule has 11 heavy (non-hydrogen) atoms. The van der Waals surface area contributed by atoms with Gasteiger partial charge in [-0.1, -0.05) is 0 Å². The molecule has 58 valence electrons. The molecule has 1 aromatic heterocycles. The van der Waals surface area contributed by atoms with E-state index >= 15 is 0 Å². The van der Waals surface area contributed by atoms with Crippen LogP contribution >= 0.6 is 0 Å². The molecule has 0 radical (unpaired) electrons. The minimum absolute atomic E-state index is 0.0741. The SMILES string of the molecule is O=C1NS(=O)(=O)c2[nH]ncc21. The number of aromatic amines is 1. The fraction of sp³-hybridized carbons (Fsp3) is 0. The predicted octanol–water partition coefficient (Wildman–Crippen LogP) is -1.16. The van der Waals surface area contributed by atoms with Gasteiger partial charge in [0.15, 0.2) is 5.03 Å². The molecule has 0 saturated carbocycles. The topological polar surface area (TPSA) is 91.9 Å². The molecule has 0 aliphatic carbocycles. The van der Waals surface area contributed by atoms with E-state index in [0.29, 0.717) is 0 Å². The maximum absolute atomic E-state index is 10.9. The zero-order valence-electron chi connectivity index (χ0n) is 5.16. The van der Waals surface area contributed by atoms with Crippen molar-refractivity contribution in [1.29, 1.82) is 0 Å². The Morgan fingerprint density at radius 1 is 1.45 bits per heavy atom. The number of sulfonamides is 1. The summed E-state index contributed by atoms with van der Waals surface area (Å²) in [5.74, 6) is -0.631. The second-order valence-corrected chi connectivity index (χ2v) is 3.67. The molecular formula is C4H3N3O3S. The van der Waals surface area contributed by atoms with Crippen LogP contribution in [0.3, 0.4) is 0 Å². The van der Waals surface area contributed by atoms with Crippen LogP contribution in [0.2, 0.25) is 0 Å². The first-order valence-electron chi connectivity index (χ1n) is 2.72. The first kappa shape index (κ1) is 6.35. The van der Waals surface area contributed by atoms with Gasteiger partial charge in [0.25, 0.3) is 15.9 Å². The molecule has 2 N–H and O–H groups in total. The van der Waals surface area contributed by atoms with Crippen LogP contribution in [0.25, 0.3) is 0 Å². The number of amides is 1. The number of H-pyrrole nitrogens is 1. The van der Waals surface area contributed by atoms with Gasteiger partial charge in [-0.05, 0) is 0 Å². The normalized spacial score (nSPS) is 19.5. The Balaban J connectivity index is 2.83. The number of fused-ring (bicyclic) bond motifs is 1. The molecule has 0 unspecified atom stereocenters. The first-order valence-corrected chi connectivity index (χ1v) is 4.20. The highest BCUT2D eigenvalue weighted by atomic mass is 32.2. The zero-order valence-corrected chi connectivity index (χ0v) is 5.97. The van der Waals surface area contributed by atoms with E-state index in [0.717, 1.165) is 0 Å². The van der Waals surface area contributed by atoms with Crippen LogP contribution in [-0.4, -0.2) is 24.5 Å². The van der Waals surface area contributed by atoms with Crippen molar-refractivity contribution < 1.29 is 13.2 Å². The second kappa shape index (κ2) is 1.62. The molecular weight excluding hydrogens is 170 g/mol. The van der Waals surface area contributed by atoms with Crippen molar-refractivity contribution in [2.45, 2.75) is 5.03 Å². The van der Waals surface area contributed by atoms with E-state index in [1.807, 2.05) is 0 Å². The number of nitrogens with zero attached hydrogens (tertiary/aromatic N) is 1. The van der Waals surface area contributed by atoms with Crippen molar-refractivity contribution in [1.82, 2.24) is 14.9 Å². The lowest BCUT2D eigenvalue weighted by Crippen LogP contribution is -2.21. The van der Waals surface area contributed by atoms with Crippen molar-refractivity contribution in [3.05, 3.63) is 11.8 Å². The maximum atomic E-state index is 10.9. The maximum Gasteiger partial charge on any atom is 0.282 e. The number of nitrogens with one attached hydrogen (secondary N) is 2. The van der Waals surface area contributed by atoms with Crippen molar-refractivity contribution in [3.63, 3.8) is 0 Å². The van der Waals surface area contributed by atoms with Gasteiger partial charge < -0.3 is 0 Å². The fourth-order valence-corrected chi connectivity index (χ4v) is 1.93. The van der Waals surface area contributed by atoms with E-state index < -0.39 is 15.9 Å². The van der Waals surface area contributed by atoms with Crippen molar-refractivity contribution in [3.8, 4) is 0 Å². The molecule has 0 bridgehead atoms. The lowest BCUT2D eigenvalue weighted by molar-refractivity contribution is 0.0985. The molecule has 0 aromatic carbocycles. The Morgan fingerprint density at radius 2 is 2.18 bits per heavy atom. The van der Waals surface area contributed by atoms with Gasteiger partial charge >= 0.3 is 0 Å². The van der Waals surface area contributed by atoms with E-state index in [4.69, 9.17) is 0 Å². The average molecular weight is 173 g/mol. The van der Waals surface area contributed by atoms with Gasteiger partial charge in [0.05, 0.1) is 11.8 Å². The Morgan fingerprint density at radius 3 is 2.82 bits per heavy atom. The van der Waals surface area contributed by atoms with E-state index in [2.05, 4.69) is 10.2 Å². The van der Waals surface area contributed by atoms with Crippen LogP contribution in [0, 0.1) is 0 Å². The molecule has 0 saturated heterocycles. The second-order valence-electron chi connectivity index (χ2n) is 2.05. The number of carbonyl (C=O) groups excluding carboxylic acids is 1. The Hall–Kier alpha value is -1.37. The summed E-state index contributed by atoms with van der Waals surface area (Å²) in [4.78, 5) is 10.8. The Labute approximate surface area is 61.7 Å². The molecule has 1 amide bonds. The van der Waals surface area contributed by atoms with E-state index in [1.165, 1.54) is 6.20 Å². The van der Waals surface area contributed by atoms with E-state index in [1.54, 1.807) is 4.72 Å². The summed E-state index contributed by atoms with van der Waals surface area (Å²) < 4.78 is 23.6. The molecule has 7 heteroatoms. The molecule has 0 fully saturated rings. The molecule has 2 heterocycles. The van der Waals surface area contributed by atoms with Gasteiger partial charge in [0.2, 0.25) is 0 Å². The van der Waals surface area contributed by atoms with Crippen LogP contribution in [0.5, 0.6) is 0 Å². The monoisotopic (exact) mass is 173 g/mol. The molecule has 0 spiro atoms. The predicted molar refractivity (Wildman–Crippen MR) is 33.2 cm³/mol. The summed E-state index contributed by atoms with van der Waals surface area (Å²) in [5.41, 5.74) is 0.0741. The summed E-state index contributed by atoms with van der Waals surface area (Å²) in [5, 5.41) is 5.49. The van der Waals surface area contributed by atoms with Gasteiger partial charge in [0.1, 0.15) is 0 Å². The van der Waals surface area contributed by atoms with Crippen LogP contribution in [0.4, 0.5) is 0 Å². The summed E-state index contributed by atoms with van der Waals surface area (Å²) >= 11 is 0. The standard InChI is InChI=1S/C4H3N3O3S/c8-3-2-1-5-6-4(2)11(9,10)7-3/h1H,(H,5,6)(H,7,8). The largest absolute Gasteiger partial charge is 0.282 e. The van der Waals surface area contributed by atoms with Crippen molar-refractivity contribution >= 4 is 15.9 Å².